The second-order valence-electron chi connectivity index (χ2n) is 4.66. The van der Waals surface area contributed by atoms with E-state index in [1.54, 1.807) is 6.92 Å². The Morgan fingerprint density at radius 3 is 2.72 bits per heavy atom. The number of aryl methyl sites for hydroxylation is 1. The molecule has 3 unspecified atom stereocenters. The van der Waals surface area contributed by atoms with Crippen molar-refractivity contribution >= 4 is 0 Å². The topological polar surface area (TPSA) is 53.2 Å². The SMILES string of the molecule is CCC1OC(n2cc(C)c(=O)n(C)c2=O)CC1[18F]. The molecule has 2 rings (SSSR count). The summed E-state index contributed by atoms with van der Waals surface area (Å²) in [5.41, 5.74) is -0.367. The Bertz CT molecular complexity index is 563. The fraction of sp³-hybridized carbons (Fsp3) is 0.667. The third-order valence-electron chi connectivity index (χ3n) is 3.36. The van der Waals surface area contributed by atoms with Crippen LogP contribution in [-0.2, 0) is 11.8 Å². The zero-order valence-electron chi connectivity index (χ0n) is 10.7. The number of hydrogen-bond acceptors (Lipinski definition) is 3. The van der Waals surface area contributed by atoms with E-state index in [1.807, 2.05) is 6.92 Å². The largest absolute Gasteiger partial charge is 0.352 e. The van der Waals surface area contributed by atoms with E-state index in [9.17, 15) is 14.0 Å². The number of halogens is 1. The van der Waals surface area contributed by atoms with Gasteiger partial charge in [0.1, 0.15) is 12.4 Å². The van der Waals surface area contributed by atoms with Crippen LogP contribution in [0.25, 0.3) is 0 Å². The lowest BCUT2D eigenvalue weighted by atomic mass is 10.1. The van der Waals surface area contributed by atoms with E-state index in [2.05, 4.69) is 0 Å². The van der Waals surface area contributed by atoms with E-state index in [0.717, 1.165) is 4.57 Å². The Hall–Kier alpha value is -1.43. The second-order valence-corrected chi connectivity index (χ2v) is 4.66. The van der Waals surface area contributed by atoms with Gasteiger partial charge in [-0.05, 0) is 13.3 Å². The van der Waals surface area contributed by atoms with Crippen molar-refractivity contribution in [3.63, 3.8) is 0 Å². The van der Waals surface area contributed by atoms with Crippen LogP contribution in [-0.4, -0.2) is 21.4 Å². The van der Waals surface area contributed by atoms with Gasteiger partial charge in [-0.15, -0.1) is 0 Å². The minimum Gasteiger partial charge on any atom is -0.352 e. The van der Waals surface area contributed by atoms with Crippen LogP contribution in [0.5, 0.6) is 0 Å². The Labute approximate surface area is 104 Å². The summed E-state index contributed by atoms with van der Waals surface area (Å²) in [7, 11) is 1.41. The maximum atomic E-state index is 13.6. The Balaban J connectivity index is 2.42. The molecule has 0 aliphatic carbocycles. The molecule has 0 radical (unpaired) electrons. The Morgan fingerprint density at radius 1 is 1.50 bits per heavy atom. The molecule has 0 saturated carbocycles. The number of hydrogen-bond donors (Lipinski definition) is 0. The highest BCUT2D eigenvalue weighted by atomic mass is 18.2. The normalized spacial score (nSPS) is 27.7. The lowest BCUT2D eigenvalue weighted by molar-refractivity contribution is -0.0123. The van der Waals surface area contributed by atoms with Crippen molar-refractivity contribution in [2.45, 2.75) is 45.2 Å². The molecule has 0 bridgehead atoms. The van der Waals surface area contributed by atoms with Gasteiger partial charge in [-0.2, -0.15) is 0 Å². The molecule has 1 aliphatic rings. The van der Waals surface area contributed by atoms with Gasteiger partial charge >= 0.3 is 5.69 Å². The van der Waals surface area contributed by atoms with Crippen molar-refractivity contribution < 1.29 is 9.13 Å². The summed E-state index contributed by atoms with van der Waals surface area (Å²) in [6.07, 6.45) is -0.000308. The van der Waals surface area contributed by atoms with Crippen LogP contribution in [0.2, 0.25) is 0 Å². The molecular weight excluding hydrogens is 238 g/mol. The quantitative estimate of drug-likeness (QED) is 0.788. The van der Waals surface area contributed by atoms with Gasteiger partial charge in [-0.25, -0.2) is 9.18 Å². The molecule has 5 nitrogen and oxygen atoms in total. The lowest BCUT2D eigenvalue weighted by Gasteiger charge is -2.16. The molecule has 0 N–H and O–H groups in total. The standard InChI is InChI=1S/C12H17FN2O3/c1-4-9-8(13)5-10(18-9)15-6-7(2)11(16)14(3)12(15)17/h6,8-10H,4-5H2,1-3H3/i13-1. The minimum absolute atomic E-state index is 0.149. The van der Waals surface area contributed by atoms with Gasteiger partial charge in [0, 0.05) is 25.2 Å². The highest BCUT2D eigenvalue weighted by Crippen LogP contribution is 2.31. The molecule has 1 aliphatic heterocycles. The lowest BCUT2D eigenvalue weighted by Crippen LogP contribution is -2.40. The molecule has 3 atom stereocenters. The molecule has 0 spiro atoms. The molecule has 2 heterocycles. The summed E-state index contributed by atoms with van der Waals surface area (Å²) in [5.74, 6) is 0. The van der Waals surface area contributed by atoms with Crippen molar-refractivity contribution in [3.8, 4) is 0 Å². The summed E-state index contributed by atoms with van der Waals surface area (Å²) >= 11 is 0. The number of aromatic nitrogens is 2. The summed E-state index contributed by atoms with van der Waals surface area (Å²) in [6.45, 7) is 3.46. The zero-order chi connectivity index (χ0) is 13.4. The zero-order valence-corrected chi connectivity index (χ0v) is 10.7. The van der Waals surface area contributed by atoms with E-state index < -0.39 is 24.2 Å². The first-order valence-electron chi connectivity index (χ1n) is 6.04. The predicted octanol–water partition coefficient (Wildman–Crippen LogP) is 0.891. The Morgan fingerprint density at radius 2 is 2.17 bits per heavy atom. The molecule has 0 amide bonds. The summed E-state index contributed by atoms with van der Waals surface area (Å²) < 4.78 is 21.5. The van der Waals surface area contributed by atoms with E-state index in [1.165, 1.54) is 17.8 Å². The van der Waals surface area contributed by atoms with Gasteiger partial charge in [-0.3, -0.25) is 13.9 Å². The second kappa shape index (κ2) is 4.68. The first kappa shape index (κ1) is 13.0. The highest BCUT2D eigenvalue weighted by molar-refractivity contribution is 5.03. The van der Waals surface area contributed by atoms with Crippen LogP contribution < -0.4 is 11.2 Å². The molecule has 100 valence electrons. The third kappa shape index (κ3) is 2.01. The molecule has 1 aromatic heterocycles. The molecule has 1 saturated heterocycles. The summed E-state index contributed by atoms with van der Waals surface area (Å²) in [5, 5.41) is 0. The van der Waals surface area contributed by atoms with Crippen LogP contribution in [0.15, 0.2) is 15.8 Å². The first-order chi connectivity index (χ1) is 8.45. The van der Waals surface area contributed by atoms with Crippen LogP contribution >= 0.6 is 0 Å². The van der Waals surface area contributed by atoms with Crippen molar-refractivity contribution in [2.24, 2.45) is 7.05 Å². The van der Waals surface area contributed by atoms with Crippen molar-refractivity contribution in [1.82, 2.24) is 9.13 Å². The number of rotatable bonds is 2. The fourth-order valence-corrected chi connectivity index (χ4v) is 2.27. The average Bonchev–Trinajstić information content (AvgIpc) is 2.72. The van der Waals surface area contributed by atoms with Gasteiger partial charge in [0.25, 0.3) is 5.56 Å². The highest BCUT2D eigenvalue weighted by Gasteiger charge is 2.35. The van der Waals surface area contributed by atoms with E-state index in [4.69, 9.17) is 4.74 Å². The Kier molecular flexibility index (Phi) is 3.38. The van der Waals surface area contributed by atoms with Gasteiger partial charge in [0.2, 0.25) is 0 Å². The van der Waals surface area contributed by atoms with Crippen molar-refractivity contribution in [1.29, 1.82) is 0 Å². The number of ether oxygens (including phenoxy) is 1. The van der Waals surface area contributed by atoms with Crippen LogP contribution in [0, 0.1) is 6.92 Å². The third-order valence-corrected chi connectivity index (χ3v) is 3.36. The van der Waals surface area contributed by atoms with Crippen LogP contribution in [0.3, 0.4) is 0 Å². The molecule has 6 heteroatoms. The van der Waals surface area contributed by atoms with Gasteiger partial charge in [0.05, 0.1) is 6.10 Å². The fourth-order valence-electron chi connectivity index (χ4n) is 2.27. The van der Waals surface area contributed by atoms with Crippen LogP contribution in [0.1, 0.15) is 31.6 Å². The van der Waals surface area contributed by atoms with Crippen LogP contribution in [0.4, 0.5) is 4.39 Å². The van der Waals surface area contributed by atoms with E-state index >= 15 is 0 Å². The van der Waals surface area contributed by atoms with Gasteiger partial charge < -0.3 is 4.74 Å². The molecule has 1 fully saturated rings. The predicted molar refractivity (Wildman–Crippen MR) is 64.4 cm³/mol. The van der Waals surface area contributed by atoms with Crippen molar-refractivity contribution in [3.05, 3.63) is 32.6 Å². The molecule has 18 heavy (non-hydrogen) atoms. The van der Waals surface area contributed by atoms with E-state index in [-0.39, 0.29) is 12.0 Å². The van der Waals surface area contributed by atoms with E-state index in [0.29, 0.717) is 12.0 Å². The monoisotopic (exact) mass is 255 g/mol. The number of alkyl halides is 1. The average molecular weight is 255 g/mol. The molecule has 0 aromatic carbocycles. The van der Waals surface area contributed by atoms with Gasteiger partial charge in [-0.1, -0.05) is 6.92 Å². The van der Waals surface area contributed by atoms with Gasteiger partial charge in [0.15, 0.2) is 0 Å². The maximum Gasteiger partial charge on any atom is 0.332 e. The first-order valence-corrected chi connectivity index (χ1v) is 6.04. The molecular formula is C12H17FN2O3. The minimum atomic E-state index is -1.07. The smallest absolute Gasteiger partial charge is 0.332 e. The summed E-state index contributed by atoms with van der Waals surface area (Å²) in [6, 6.07) is 0. The molecule has 1 aromatic rings. The number of nitrogens with zero attached hydrogens (tertiary/aromatic N) is 2. The summed E-state index contributed by atoms with van der Waals surface area (Å²) in [4.78, 5) is 23.5. The maximum absolute atomic E-state index is 13.6. The van der Waals surface area contributed by atoms with Crippen molar-refractivity contribution in [2.75, 3.05) is 0 Å².